The van der Waals surface area contributed by atoms with Crippen molar-refractivity contribution in [2.24, 2.45) is 5.92 Å². The minimum atomic E-state index is 0.470. The fraction of sp³-hybridized carbons (Fsp3) is 0.625. The molecule has 2 saturated carbocycles. The summed E-state index contributed by atoms with van der Waals surface area (Å²) in [5, 5.41) is 3.88. The largest absolute Gasteiger partial charge is 0.381 e. The van der Waals surface area contributed by atoms with E-state index < -0.39 is 0 Å². The Labute approximate surface area is 110 Å². The van der Waals surface area contributed by atoms with Crippen LogP contribution < -0.4 is 5.32 Å². The number of hydrogen-bond donors (Lipinski definition) is 1. The molecule has 1 aromatic carbocycles. The smallest absolute Gasteiger partial charge is 0.0586 e. The normalized spacial score (nSPS) is 29.4. The van der Waals surface area contributed by atoms with Crippen LogP contribution in [0.4, 0.5) is 0 Å². The topological polar surface area (TPSA) is 21.3 Å². The van der Waals surface area contributed by atoms with Gasteiger partial charge in [-0.25, -0.2) is 0 Å². The first-order valence-corrected chi connectivity index (χ1v) is 7.20. The highest BCUT2D eigenvalue weighted by molar-refractivity contribution is 5.21. The molecule has 0 aliphatic heterocycles. The molecule has 0 spiro atoms. The molecule has 1 aromatic rings. The molecule has 0 heterocycles. The molecule has 0 radical (unpaired) electrons. The van der Waals surface area contributed by atoms with Gasteiger partial charge in [0.25, 0.3) is 0 Å². The Balaban J connectivity index is 1.65. The van der Waals surface area contributed by atoms with Crippen LogP contribution in [0.25, 0.3) is 0 Å². The lowest BCUT2D eigenvalue weighted by atomic mass is 10.0. The average molecular weight is 245 g/mol. The quantitative estimate of drug-likeness (QED) is 0.859. The van der Waals surface area contributed by atoms with Crippen molar-refractivity contribution >= 4 is 0 Å². The molecule has 1 N–H and O–H groups in total. The van der Waals surface area contributed by atoms with Gasteiger partial charge in [0.15, 0.2) is 0 Å². The van der Waals surface area contributed by atoms with Gasteiger partial charge in [-0.2, -0.15) is 0 Å². The Hall–Kier alpha value is -0.860. The van der Waals surface area contributed by atoms with E-state index in [2.05, 4.69) is 35.6 Å². The first-order valence-electron chi connectivity index (χ1n) is 7.20. The maximum absolute atomic E-state index is 5.46. The van der Waals surface area contributed by atoms with Crippen LogP contribution in [0.1, 0.15) is 43.7 Å². The van der Waals surface area contributed by atoms with Gasteiger partial charge >= 0.3 is 0 Å². The van der Waals surface area contributed by atoms with Gasteiger partial charge in [-0.3, -0.25) is 0 Å². The Morgan fingerprint density at radius 2 is 1.89 bits per heavy atom. The molecule has 2 nitrogen and oxygen atoms in total. The Morgan fingerprint density at radius 1 is 1.11 bits per heavy atom. The average Bonchev–Trinajstić information content (AvgIpc) is 3.16. The number of hydrogen-bond acceptors (Lipinski definition) is 2. The molecule has 2 fully saturated rings. The minimum absolute atomic E-state index is 0.470. The van der Waals surface area contributed by atoms with Crippen LogP contribution in [0.5, 0.6) is 0 Å². The third kappa shape index (κ3) is 2.76. The van der Waals surface area contributed by atoms with Crippen molar-refractivity contribution in [3.63, 3.8) is 0 Å². The molecule has 98 valence electrons. The van der Waals surface area contributed by atoms with Crippen molar-refractivity contribution in [3.8, 4) is 0 Å². The third-order valence-electron chi connectivity index (χ3n) is 4.39. The van der Waals surface area contributed by atoms with Crippen LogP contribution in [0, 0.1) is 5.92 Å². The molecule has 3 rings (SSSR count). The maximum Gasteiger partial charge on any atom is 0.0586 e. The van der Waals surface area contributed by atoms with Gasteiger partial charge in [0.2, 0.25) is 0 Å². The number of methoxy groups -OCH3 is 1. The van der Waals surface area contributed by atoms with Gasteiger partial charge in [0.05, 0.1) is 6.10 Å². The number of ether oxygens (including phenoxy) is 1. The van der Waals surface area contributed by atoms with Crippen LogP contribution in [-0.4, -0.2) is 19.3 Å². The highest BCUT2D eigenvalue weighted by Gasteiger charge is 2.35. The van der Waals surface area contributed by atoms with Crippen LogP contribution in [0.2, 0.25) is 0 Å². The predicted molar refractivity (Wildman–Crippen MR) is 73.5 cm³/mol. The first kappa shape index (κ1) is 12.2. The zero-order chi connectivity index (χ0) is 12.4. The van der Waals surface area contributed by atoms with E-state index in [0.717, 1.165) is 5.92 Å². The summed E-state index contributed by atoms with van der Waals surface area (Å²) >= 11 is 0. The van der Waals surface area contributed by atoms with Crippen LogP contribution in [-0.2, 0) is 4.74 Å². The van der Waals surface area contributed by atoms with Gasteiger partial charge in [-0.1, -0.05) is 30.3 Å². The first-order chi connectivity index (χ1) is 8.86. The van der Waals surface area contributed by atoms with Crippen molar-refractivity contribution in [1.82, 2.24) is 5.32 Å². The lowest BCUT2D eigenvalue weighted by Gasteiger charge is -2.23. The number of rotatable bonds is 5. The zero-order valence-electron chi connectivity index (χ0n) is 11.1. The van der Waals surface area contributed by atoms with E-state index in [0.29, 0.717) is 18.2 Å². The summed E-state index contributed by atoms with van der Waals surface area (Å²) in [4.78, 5) is 0. The molecule has 0 aromatic heterocycles. The van der Waals surface area contributed by atoms with Gasteiger partial charge in [-0.15, -0.1) is 0 Å². The number of nitrogens with one attached hydrogen (secondary N) is 1. The highest BCUT2D eigenvalue weighted by Crippen LogP contribution is 2.42. The molecule has 3 unspecified atom stereocenters. The second-order valence-corrected chi connectivity index (χ2v) is 5.76. The fourth-order valence-electron chi connectivity index (χ4n) is 3.15. The molecular weight excluding hydrogens is 222 g/mol. The summed E-state index contributed by atoms with van der Waals surface area (Å²) in [5.41, 5.74) is 1.46. The van der Waals surface area contributed by atoms with Crippen molar-refractivity contribution < 1.29 is 4.74 Å². The van der Waals surface area contributed by atoms with Crippen LogP contribution >= 0.6 is 0 Å². The summed E-state index contributed by atoms with van der Waals surface area (Å²) in [5.74, 6) is 0.856. The fourth-order valence-corrected chi connectivity index (χ4v) is 3.15. The van der Waals surface area contributed by atoms with Crippen molar-refractivity contribution in [2.45, 2.75) is 50.3 Å². The second kappa shape index (κ2) is 5.41. The van der Waals surface area contributed by atoms with E-state index in [1.807, 2.05) is 7.11 Å². The van der Waals surface area contributed by atoms with Crippen molar-refractivity contribution in [1.29, 1.82) is 0 Å². The summed E-state index contributed by atoms with van der Waals surface area (Å²) < 4.78 is 5.46. The second-order valence-electron chi connectivity index (χ2n) is 5.76. The maximum atomic E-state index is 5.46. The van der Waals surface area contributed by atoms with Crippen LogP contribution in [0.3, 0.4) is 0 Å². The highest BCUT2D eigenvalue weighted by atomic mass is 16.5. The molecule has 2 aliphatic rings. The molecule has 3 atom stereocenters. The Kier molecular flexibility index (Phi) is 3.67. The molecular formula is C16H23NO. The summed E-state index contributed by atoms with van der Waals surface area (Å²) in [6, 6.07) is 12.1. The lowest BCUT2D eigenvalue weighted by molar-refractivity contribution is 0.106. The van der Waals surface area contributed by atoms with Crippen molar-refractivity contribution in [2.75, 3.05) is 7.11 Å². The Morgan fingerprint density at radius 3 is 2.50 bits per heavy atom. The van der Waals surface area contributed by atoms with E-state index in [4.69, 9.17) is 4.74 Å². The van der Waals surface area contributed by atoms with Crippen LogP contribution in [0.15, 0.2) is 30.3 Å². The molecule has 2 aliphatic carbocycles. The van der Waals surface area contributed by atoms with E-state index in [1.165, 1.54) is 37.7 Å². The van der Waals surface area contributed by atoms with E-state index in [9.17, 15) is 0 Å². The molecule has 18 heavy (non-hydrogen) atoms. The lowest BCUT2D eigenvalue weighted by Crippen LogP contribution is -2.32. The van der Waals surface area contributed by atoms with Gasteiger partial charge < -0.3 is 10.1 Å². The standard InChI is InChI=1S/C16H23NO/c1-18-15-10-9-14(11-15)17-16(13-7-8-13)12-5-3-2-4-6-12/h2-6,13-17H,7-11H2,1H3. The summed E-state index contributed by atoms with van der Waals surface area (Å²) in [6.07, 6.45) is 6.87. The summed E-state index contributed by atoms with van der Waals surface area (Å²) in [7, 11) is 1.84. The monoisotopic (exact) mass is 245 g/mol. The van der Waals surface area contributed by atoms with Crippen molar-refractivity contribution in [3.05, 3.63) is 35.9 Å². The number of benzene rings is 1. The molecule has 0 bridgehead atoms. The Bertz CT molecular complexity index is 374. The third-order valence-corrected chi connectivity index (χ3v) is 4.39. The van der Waals surface area contributed by atoms with E-state index in [-0.39, 0.29) is 0 Å². The SMILES string of the molecule is COC1CCC(NC(c2ccccc2)C2CC2)C1. The van der Waals surface area contributed by atoms with Gasteiger partial charge in [0.1, 0.15) is 0 Å². The molecule has 2 heteroatoms. The summed E-state index contributed by atoms with van der Waals surface area (Å²) in [6.45, 7) is 0. The molecule has 0 saturated heterocycles. The minimum Gasteiger partial charge on any atom is -0.381 e. The zero-order valence-corrected chi connectivity index (χ0v) is 11.1. The van der Waals surface area contributed by atoms with E-state index in [1.54, 1.807) is 0 Å². The van der Waals surface area contributed by atoms with Gasteiger partial charge in [-0.05, 0) is 43.6 Å². The van der Waals surface area contributed by atoms with E-state index >= 15 is 0 Å². The molecule has 0 amide bonds. The van der Waals surface area contributed by atoms with Gasteiger partial charge in [0, 0.05) is 19.2 Å². The predicted octanol–water partition coefficient (Wildman–Crippen LogP) is 3.29.